The summed E-state index contributed by atoms with van der Waals surface area (Å²) in [5.74, 6) is 0.472. The van der Waals surface area contributed by atoms with Crippen LogP contribution >= 0.6 is 46.4 Å². The average Bonchev–Trinajstić information content (AvgIpc) is 2.73. The van der Waals surface area contributed by atoms with Crippen LogP contribution in [0.3, 0.4) is 0 Å². The summed E-state index contributed by atoms with van der Waals surface area (Å²) in [6.45, 7) is 0. The third-order valence-corrected chi connectivity index (χ3v) is 4.37. The van der Waals surface area contributed by atoms with Crippen molar-refractivity contribution in [2.75, 3.05) is 10.6 Å². The molecule has 0 amide bonds. The van der Waals surface area contributed by atoms with E-state index >= 15 is 0 Å². The minimum atomic E-state index is 0.0000348. The van der Waals surface area contributed by atoms with E-state index in [9.17, 15) is 0 Å². The SMILES string of the molecule is Clc1nc(Cl)nc(Nc2ccc(N=Nc3ccc(Nc4nc(Cl)nc(Cl)n4)cc3)cc2)n1. The lowest BCUT2D eigenvalue weighted by atomic mass is 10.3. The number of hydrogen-bond acceptors (Lipinski definition) is 10. The molecule has 0 fully saturated rings. The van der Waals surface area contributed by atoms with Crippen LogP contribution in [0.4, 0.5) is 34.6 Å². The number of azo groups is 1. The van der Waals surface area contributed by atoms with Gasteiger partial charge in [0, 0.05) is 11.4 Å². The Balaban J connectivity index is 1.38. The maximum Gasteiger partial charge on any atom is 0.232 e. The lowest BCUT2D eigenvalue weighted by Crippen LogP contribution is -1.99. The van der Waals surface area contributed by atoms with E-state index in [1.165, 1.54) is 0 Å². The number of nitrogens with one attached hydrogen (secondary N) is 2. The Hall–Kier alpha value is -3.18. The van der Waals surface area contributed by atoms with Crippen LogP contribution in [0.1, 0.15) is 0 Å². The van der Waals surface area contributed by atoms with E-state index in [1.807, 2.05) is 0 Å². The summed E-state index contributed by atoms with van der Waals surface area (Å²) in [6.07, 6.45) is 0. The van der Waals surface area contributed by atoms with Crippen molar-refractivity contribution in [3.05, 3.63) is 69.7 Å². The van der Waals surface area contributed by atoms with Crippen molar-refractivity contribution >= 4 is 81.0 Å². The highest BCUT2D eigenvalue weighted by Gasteiger charge is 2.05. The van der Waals surface area contributed by atoms with Crippen molar-refractivity contribution in [1.29, 1.82) is 0 Å². The van der Waals surface area contributed by atoms with Gasteiger partial charge in [-0.1, -0.05) is 0 Å². The minimum Gasteiger partial charge on any atom is -0.324 e. The van der Waals surface area contributed by atoms with Gasteiger partial charge in [-0.15, -0.1) is 0 Å². The molecule has 0 saturated heterocycles. The molecule has 0 aliphatic heterocycles. The molecule has 0 radical (unpaired) electrons. The van der Waals surface area contributed by atoms with E-state index in [-0.39, 0.29) is 33.0 Å². The summed E-state index contributed by atoms with van der Waals surface area (Å²) >= 11 is 23.1. The first-order chi connectivity index (χ1) is 15.4. The summed E-state index contributed by atoms with van der Waals surface area (Å²) in [5.41, 5.74) is 2.74. The van der Waals surface area contributed by atoms with E-state index in [0.29, 0.717) is 11.4 Å². The fourth-order valence-electron chi connectivity index (χ4n) is 2.36. The fraction of sp³-hybridized carbons (Fsp3) is 0. The van der Waals surface area contributed by atoms with Gasteiger partial charge < -0.3 is 10.6 Å². The topological polar surface area (TPSA) is 126 Å². The molecule has 0 unspecified atom stereocenters. The summed E-state index contributed by atoms with van der Waals surface area (Å²) < 4.78 is 0. The van der Waals surface area contributed by atoms with Gasteiger partial charge in [-0.2, -0.15) is 40.1 Å². The monoisotopic (exact) mass is 506 g/mol. The number of benzene rings is 2. The zero-order valence-corrected chi connectivity index (χ0v) is 18.7. The number of hydrogen-bond donors (Lipinski definition) is 2. The third-order valence-electron chi connectivity index (χ3n) is 3.69. The van der Waals surface area contributed by atoms with Gasteiger partial charge in [0.15, 0.2) is 0 Å². The summed E-state index contributed by atoms with van der Waals surface area (Å²) in [7, 11) is 0. The second kappa shape index (κ2) is 9.96. The Morgan fingerprint density at radius 1 is 0.469 bits per heavy atom. The second-order valence-corrected chi connectivity index (χ2v) is 7.29. The van der Waals surface area contributed by atoms with Crippen LogP contribution in [0, 0.1) is 0 Å². The zero-order valence-electron chi connectivity index (χ0n) is 15.7. The average molecular weight is 508 g/mol. The van der Waals surface area contributed by atoms with Crippen molar-refractivity contribution in [2.45, 2.75) is 0 Å². The lowest BCUT2D eigenvalue weighted by Gasteiger charge is -2.05. The summed E-state index contributed by atoms with van der Waals surface area (Å²) in [4.78, 5) is 23.2. The number of aromatic nitrogens is 6. The van der Waals surface area contributed by atoms with Gasteiger partial charge in [0.05, 0.1) is 11.4 Å². The van der Waals surface area contributed by atoms with E-state index in [0.717, 1.165) is 11.4 Å². The first kappa shape index (κ1) is 22.0. The molecular weight excluding hydrogens is 498 g/mol. The van der Waals surface area contributed by atoms with Gasteiger partial charge in [0.25, 0.3) is 0 Å². The first-order valence-electron chi connectivity index (χ1n) is 8.73. The number of halogens is 4. The first-order valence-corrected chi connectivity index (χ1v) is 10.2. The molecule has 0 aliphatic rings. The van der Waals surface area contributed by atoms with Gasteiger partial charge >= 0.3 is 0 Å². The zero-order chi connectivity index (χ0) is 22.5. The van der Waals surface area contributed by atoms with Gasteiger partial charge in [0.2, 0.25) is 33.0 Å². The molecule has 2 aromatic heterocycles. The molecule has 2 N–H and O–H groups in total. The quantitative estimate of drug-likeness (QED) is 0.280. The molecule has 0 atom stereocenters. The Morgan fingerprint density at radius 2 is 0.781 bits per heavy atom. The predicted octanol–water partition coefficient (Wildman–Crippen LogP) is 6.57. The minimum absolute atomic E-state index is 0.0000348. The number of rotatable bonds is 6. The summed E-state index contributed by atoms with van der Waals surface area (Å²) in [6, 6.07) is 14.3. The van der Waals surface area contributed by atoms with E-state index in [1.54, 1.807) is 48.5 Å². The van der Waals surface area contributed by atoms with Crippen LogP contribution in [0.25, 0.3) is 0 Å². The molecule has 4 aromatic rings. The van der Waals surface area contributed by atoms with E-state index < -0.39 is 0 Å². The van der Waals surface area contributed by atoms with Crippen molar-refractivity contribution in [3.63, 3.8) is 0 Å². The van der Waals surface area contributed by atoms with Gasteiger partial charge in [-0.3, -0.25) is 0 Å². The highest BCUT2D eigenvalue weighted by molar-refractivity contribution is 6.31. The molecule has 14 heteroatoms. The molecular formula is C18H10Cl4N10. The van der Waals surface area contributed by atoms with Crippen LogP contribution in [-0.4, -0.2) is 29.9 Å². The smallest absolute Gasteiger partial charge is 0.232 e. The Morgan fingerprint density at radius 3 is 1.09 bits per heavy atom. The number of anilines is 4. The molecule has 0 aliphatic carbocycles. The molecule has 0 spiro atoms. The maximum atomic E-state index is 5.77. The van der Waals surface area contributed by atoms with Gasteiger partial charge in [-0.25, -0.2) is 0 Å². The van der Waals surface area contributed by atoms with Crippen molar-refractivity contribution in [2.24, 2.45) is 10.2 Å². The second-order valence-electron chi connectivity index (χ2n) is 5.94. The highest BCUT2D eigenvalue weighted by atomic mass is 35.5. The Kier molecular flexibility index (Phi) is 6.86. The largest absolute Gasteiger partial charge is 0.324 e. The number of nitrogens with zero attached hydrogens (tertiary/aromatic N) is 8. The van der Waals surface area contributed by atoms with Crippen LogP contribution in [0.2, 0.25) is 21.1 Å². The molecule has 2 aromatic carbocycles. The predicted molar refractivity (Wildman–Crippen MR) is 123 cm³/mol. The lowest BCUT2D eigenvalue weighted by molar-refractivity contribution is 1.05. The van der Waals surface area contributed by atoms with E-state index in [2.05, 4.69) is 50.8 Å². The molecule has 10 nitrogen and oxygen atoms in total. The van der Waals surface area contributed by atoms with E-state index in [4.69, 9.17) is 46.4 Å². The van der Waals surface area contributed by atoms with Gasteiger partial charge in [0.1, 0.15) is 0 Å². The van der Waals surface area contributed by atoms with Crippen molar-refractivity contribution in [3.8, 4) is 0 Å². The summed E-state index contributed by atoms with van der Waals surface area (Å²) in [5, 5.41) is 14.4. The molecule has 4 rings (SSSR count). The highest BCUT2D eigenvalue weighted by Crippen LogP contribution is 2.24. The van der Waals surface area contributed by atoms with Crippen molar-refractivity contribution in [1.82, 2.24) is 29.9 Å². The Bertz CT molecular complexity index is 1130. The molecule has 0 bridgehead atoms. The normalized spacial score (nSPS) is 11.0. The fourth-order valence-corrected chi connectivity index (χ4v) is 3.09. The van der Waals surface area contributed by atoms with Crippen LogP contribution in [-0.2, 0) is 0 Å². The van der Waals surface area contributed by atoms with Crippen molar-refractivity contribution < 1.29 is 0 Å². The third kappa shape index (κ3) is 6.17. The Labute approximate surface area is 201 Å². The standard InChI is InChI=1S/C18H10Cl4N10/c19-13-25-14(20)28-17(27-13)23-9-1-5-11(6-2-9)31-32-12-7-3-10(4-8-12)24-18-29-15(21)26-16(22)30-18/h1-8H,(H,23,25,27,28)(H,24,26,29,30). The molecule has 160 valence electrons. The van der Waals surface area contributed by atoms with Gasteiger partial charge in [-0.05, 0) is 94.9 Å². The maximum absolute atomic E-state index is 5.77. The van der Waals surface area contributed by atoms with Crippen LogP contribution < -0.4 is 10.6 Å². The molecule has 2 heterocycles. The molecule has 0 saturated carbocycles. The van der Waals surface area contributed by atoms with Crippen LogP contribution in [0.5, 0.6) is 0 Å². The van der Waals surface area contributed by atoms with Crippen LogP contribution in [0.15, 0.2) is 58.8 Å². The molecule has 32 heavy (non-hydrogen) atoms.